The van der Waals surface area contributed by atoms with E-state index in [9.17, 15) is 14.4 Å². The Morgan fingerprint density at radius 2 is 1.57 bits per heavy atom. The Morgan fingerprint density at radius 1 is 0.952 bits per heavy atom. The number of hydrogen-bond donors (Lipinski definition) is 2. The predicted octanol–water partition coefficient (Wildman–Crippen LogP) is 0.505. The van der Waals surface area contributed by atoms with Gasteiger partial charge in [-0.3, -0.25) is 9.59 Å². The zero-order valence-electron chi connectivity index (χ0n) is 12.2. The second-order valence-corrected chi connectivity index (χ2v) is 5.70. The van der Waals surface area contributed by atoms with Crippen LogP contribution in [0, 0.1) is 5.92 Å². The molecule has 0 radical (unpaired) electrons. The number of carbonyl (C=O) groups is 3. The number of hydrogen-bond acceptors (Lipinski definition) is 3. The van der Waals surface area contributed by atoms with Gasteiger partial charge in [-0.15, -0.1) is 0 Å². The van der Waals surface area contributed by atoms with E-state index in [1.54, 1.807) is 9.80 Å². The Morgan fingerprint density at radius 3 is 2.14 bits per heavy atom. The van der Waals surface area contributed by atoms with Crippen LogP contribution in [0.15, 0.2) is 0 Å². The van der Waals surface area contributed by atoms with Crippen molar-refractivity contribution in [2.75, 3.05) is 32.7 Å². The third-order valence-electron chi connectivity index (χ3n) is 4.23. The zero-order valence-corrected chi connectivity index (χ0v) is 12.2. The zero-order chi connectivity index (χ0) is 15.2. The van der Waals surface area contributed by atoms with Gasteiger partial charge in [-0.1, -0.05) is 0 Å². The fourth-order valence-electron chi connectivity index (χ4n) is 2.85. The third kappa shape index (κ3) is 4.34. The monoisotopic (exact) mass is 297 g/mol. The van der Waals surface area contributed by atoms with Crippen molar-refractivity contribution in [1.29, 1.82) is 0 Å². The molecule has 0 aromatic heterocycles. The van der Waals surface area contributed by atoms with Crippen molar-refractivity contribution in [2.45, 2.75) is 32.1 Å². The van der Waals surface area contributed by atoms with Gasteiger partial charge >= 0.3 is 12.0 Å². The quantitative estimate of drug-likeness (QED) is 0.794. The summed E-state index contributed by atoms with van der Waals surface area (Å²) in [5.74, 6) is -1.19. The molecular weight excluding hydrogens is 274 g/mol. The number of likely N-dealkylation sites (tertiary alicyclic amines) is 2. The van der Waals surface area contributed by atoms with Crippen LogP contribution in [-0.4, -0.2) is 65.5 Å². The molecule has 0 unspecified atom stereocenters. The number of carboxylic acid groups (broad SMARTS) is 1. The molecule has 2 saturated heterocycles. The minimum absolute atomic E-state index is 0.0255. The number of amides is 3. The Balaban J connectivity index is 1.70. The third-order valence-corrected chi connectivity index (χ3v) is 4.23. The van der Waals surface area contributed by atoms with E-state index < -0.39 is 5.97 Å². The van der Waals surface area contributed by atoms with E-state index in [1.807, 2.05) is 0 Å². The molecule has 0 atom stereocenters. The molecule has 2 fully saturated rings. The van der Waals surface area contributed by atoms with Crippen LogP contribution in [0.1, 0.15) is 32.1 Å². The number of piperidine rings is 2. The summed E-state index contributed by atoms with van der Waals surface area (Å²) in [6.07, 6.45) is 4.17. The van der Waals surface area contributed by atoms with E-state index in [0.717, 1.165) is 32.4 Å². The van der Waals surface area contributed by atoms with E-state index in [4.69, 9.17) is 5.11 Å². The molecule has 0 spiro atoms. The number of nitrogens with zero attached hydrogens (tertiary/aromatic N) is 2. The highest BCUT2D eigenvalue weighted by molar-refractivity contribution is 5.84. The molecule has 7 heteroatoms. The lowest BCUT2D eigenvalue weighted by atomic mass is 9.97. The summed E-state index contributed by atoms with van der Waals surface area (Å²) in [5, 5.41) is 11.6. The molecule has 118 valence electrons. The number of carbonyl (C=O) groups excluding carboxylic acids is 2. The summed E-state index contributed by atoms with van der Waals surface area (Å²) in [4.78, 5) is 38.1. The van der Waals surface area contributed by atoms with Gasteiger partial charge in [-0.05, 0) is 32.1 Å². The molecule has 2 heterocycles. The topological polar surface area (TPSA) is 90.0 Å². The summed E-state index contributed by atoms with van der Waals surface area (Å²) in [5.41, 5.74) is 0. The average Bonchev–Trinajstić information content (AvgIpc) is 2.53. The van der Waals surface area contributed by atoms with E-state index >= 15 is 0 Å². The lowest BCUT2D eigenvalue weighted by Gasteiger charge is -2.31. The summed E-state index contributed by atoms with van der Waals surface area (Å²) in [6.45, 7) is 2.44. The average molecular weight is 297 g/mol. The van der Waals surface area contributed by atoms with Gasteiger partial charge in [0.2, 0.25) is 5.91 Å². The van der Waals surface area contributed by atoms with E-state index in [1.165, 1.54) is 0 Å². The van der Waals surface area contributed by atoms with Gasteiger partial charge in [0.1, 0.15) is 0 Å². The van der Waals surface area contributed by atoms with E-state index in [-0.39, 0.29) is 24.4 Å². The maximum Gasteiger partial charge on any atom is 0.317 e. The van der Waals surface area contributed by atoms with Gasteiger partial charge in [0.05, 0.1) is 12.5 Å². The first-order valence-electron chi connectivity index (χ1n) is 7.61. The molecule has 0 aromatic carbocycles. The van der Waals surface area contributed by atoms with Crippen molar-refractivity contribution in [3.8, 4) is 0 Å². The van der Waals surface area contributed by atoms with Crippen LogP contribution in [0.25, 0.3) is 0 Å². The summed E-state index contributed by atoms with van der Waals surface area (Å²) >= 11 is 0. The Bertz CT molecular complexity index is 399. The molecule has 2 rings (SSSR count). The Hall–Kier alpha value is -1.79. The molecule has 2 N–H and O–H groups in total. The number of rotatable bonds is 3. The fraction of sp³-hybridized carbons (Fsp3) is 0.786. The second kappa shape index (κ2) is 7.28. The van der Waals surface area contributed by atoms with Crippen molar-refractivity contribution in [3.05, 3.63) is 0 Å². The SMILES string of the molecule is O=C(O)C1CCN(C(=O)NCC(=O)N2CCCCC2)CC1. The number of nitrogens with one attached hydrogen (secondary N) is 1. The molecule has 2 aliphatic heterocycles. The van der Waals surface area contributed by atoms with E-state index in [2.05, 4.69) is 5.32 Å². The molecule has 7 nitrogen and oxygen atoms in total. The predicted molar refractivity (Wildman–Crippen MR) is 75.8 cm³/mol. The van der Waals surface area contributed by atoms with Crippen LogP contribution < -0.4 is 5.32 Å². The minimum Gasteiger partial charge on any atom is -0.481 e. The lowest BCUT2D eigenvalue weighted by Crippen LogP contribution is -2.49. The number of carboxylic acids is 1. The molecule has 21 heavy (non-hydrogen) atoms. The van der Waals surface area contributed by atoms with Crippen molar-refractivity contribution in [1.82, 2.24) is 15.1 Å². The first kappa shape index (κ1) is 15.6. The smallest absolute Gasteiger partial charge is 0.317 e. The van der Waals surface area contributed by atoms with Crippen molar-refractivity contribution >= 4 is 17.9 Å². The second-order valence-electron chi connectivity index (χ2n) is 5.70. The molecule has 0 aromatic rings. The van der Waals surface area contributed by atoms with Gasteiger partial charge in [0.25, 0.3) is 0 Å². The highest BCUT2D eigenvalue weighted by atomic mass is 16.4. The van der Waals surface area contributed by atoms with Gasteiger partial charge in [-0.2, -0.15) is 0 Å². The molecule has 0 bridgehead atoms. The molecule has 0 saturated carbocycles. The highest BCUT2D eigenvalue weighted by Crippen LogP contribution is 2.17. The van der Waals surface area contributed by atoms with Crippen LogP contribution in [0.5, 0.6) is 0 Å². The molecule has 2 aliphatic rings. The van der Waals surface area contributed by atoms with Crippen LogP contribution in [0.3, 0.4) is 0 Å². The first-order valence-corrected chi connectivity index (χ1v) is 7.61. The van der Waals surface area contributed by atoms with Gasteiger partial charge in [-0.25, -0.2) is 4.79 Å². The van der Waals surface area contributed by atoms with Gasteiger partial charge in [0, 0.05) is 26.2 Å². The molecule has 3 amide bonds. The maximum atomic E-state index is 12.0. The van der Waals surface area contributed by atoms with Gasteiger partial charge < -0.3 is 20.2 Å². The highest BCUT2D eigenvalue weighted by Gasteiger charge is 2.27. The summed E-state index contributed by atoms with van der Waals surface area (Å²) in [7, 11) is 0. The van der Waals surface area contributed by atoms with Crippen LogP contribution in [0.4, 0.5) is 4.79 Å². The maximum absolute atomic E-state index is 12.0. The Kier molecular flexibility index (Phi) is 5.41. The number of aliphatic carboxylic acids is 1. The fourth-order valence-corrected chi connectivity index (χ4v) is 2.85. The molecular formula is C14H23N3O4. The number of urea groups is 1. The standard InChI is InChI=1S/C14H23N3O4/c18-12(16-6-2-1-3-7-16)10-15-14(21)17-8-4-11(5-9-17)13(19)20/h11H,1-10H2,(H,15,21)(H,19,20). The van der Waals surface area contributed by atoms with Gasteiger partial charge in [0.15, 0.2) is 0 Å². The Labute approximate surface area is 124 Å². The van der Waals surface area contributed by atoms with Crippen molar-refractivity contribution in [2.24, 2.45) is 5.92 Å². The van der Waals surface area contributed by atoms with Crippen LogP contribution >= 0.6 is 0 Å². The molecule has 0 aliphatic carbocycles. The van der Waals surface area contributed by atoms with E-state index in [0.29, 0.717) is 25.9 Å². The summed E-state index contributed by atoms with van der Waals surface area (Å²) in [6, 6.07) is -0.274. The van der Waals surface area contributed by atoms with Crippen molar-refractivity contribution < 1.29 is 19.5 Å². The normalized spacial score (nSPS) is 20.2. The van der Waals surface area contributed by atoms with Crippen LogP contribution in [0.2, 0.25) is 0 Å². The summed E-state index contributed by atoms with van der Waals surface area (Å²) < 4.78 is 0. The van der Waals surface area contributed by atoms with Crippen molar-refractivity contribution in [3.63, 3.8) is 0 Å². The minimum atomic E-state index is -0.796. The van der Waals surface area contributed by atoms with Crippen LogP contribution in [-0.2, 0) is 9.59 Å². The first-order chi connectivity index (χ1) is 10.1. The largest absolute Gasteiger partial charge is 0.481 e. The lowest BCUT2D eigenvalue weighted by molar-refractivity contribution is -0.143.